The van der Waals surface area contributed by atoms with Crippen LogP contribution in [0.5, 0.6) is 0 Å². The van der Waals surface area contributed by atoms with Gasteiger partial charge in [-0.2, -0.15) is 0 Å². The van der Waals surface area contributed by atoms with Gasteiger partial charge in [0.2, 0.25) is 0 Å². The normalized spacial score (nSPS) is 1.75. The van der Waals surface area contributed by atoms with Crippen LogP contribution in [0.25, 0.3) is 0 Å². The molecule has 0 heterocycles. The molecule has 0 atom stereocenters. The van der Waals surface area contributed by atoms with Gasteiger partial charge in [0.15, 0.2) is 0 Å². The maximum absolute atomic E-state index is 4.78. The van der Waals surface area contributed by atoms with Crippen molar-refractivity contribution in [2.45, 2.75) is 0 Å². The summed E-state index contributed by atoms with van der Waals surface area (Å²) < 4.78 is 0. The third-order valence-electron chi connectivity index (χ3n) is 0. The SMILES string of the molecule is O.O.[Na][Cl]. The molecule has 0 rings (SSSR count). The zero-order chi connectivity index (χ0) is 2.00. The molecule has 0 aromatic rings. The van der Waals surface area contributed by atoms with Gasteiger partial charge in [0.1, 0.15) is 0 Å². The summed E-state index contributed by atoms with van der Waals surface area (Å²) in [5.41, 5.74) is 0. The predicted molar refractivity (Wildman–Crippen MR) is 18.8 cm³/mol. The molecule has 0 radical (unpaired) electrons. The fraction of sp³-hybridized carbons (Fsp3) is 0. The third kappa shape index (κ3) is 10.7. The van der Waals surface area contributed by atoms with Gasteiger partial charge in [0.05, 0.1) is 0 Å². The molecule has 24 valence electrons. The Bertz CT molecular complexity index is 6.00. The van der Waals surface area contributed by atoms with Gasteiger partial charge in [-0.15, -0.1) is 0 Å². The van der Waals surface area contributed by atoms with Crippen LogP contribution in [0.3, 0.4) is 0 Å². The van der Waals surface area contributed by atoms with Crippen LogP contribution in [-0.2, 0) is 0 Å². The summed E-state index contributed by atoms with van der Waals surface area (Å²) in [4.78, 5) is 0. The molecule has 0 aromatic carbocycles. The van der Waals surface area contributed by atoms with Crippen LogP contribution in [0, 0.1) is 0 Å². The zero-order valence-corrected chi connectivity index (χ0v) is 5.13. The van der Waals surface area contributed by atoms with E-state index in [1.165, 1.54) is 0 Å². The van der Waals surface area contributed by atoms with Gasteiger partial charge in [-0.05, 0) is 0 Å². The monoisotopic (exact) mass is 94.0 g/mol. The van der Waals surface area contributed by atoms with Crippen LogP contribution in [-0.4, -0.2) is 37.6 Å². The molecule has 0 saturated carbocycles. The van der Waals surface area contributed by atoms with Crippen LogP contribution < -0.4 is 0 Å². The van der Waals surface area contributed by atoms with Crippen LogP contribution in [0.1, 0.15) is 0 Å². The van der Waals surface area contributed by atoms with E-state index in [2.05, 4.69) is 0 Å². The molecule has 0 amide bonds. The maximum atomic E-state index is 4.78. The van der Waals surface area contributed by atoms with E-state index in [0.29, 0.717) is 0 Å². The zero-order valence-electron chi connectivity index (χ0n) is 2.38. The summed E-state index contributed by atoms with van der Waals surface area (Å²) in [7, 11) is 4.78. The van der Waals surface area contributed by atoms with Crippen LogP contribution >= 0.6 is 7.91 Å². The fourth-order valence-corrected chi connectivity index (χ4v) is 0. The van der Waals surface area contributed by atoms with Crippen LogP contribution in [0.2, 0.25) is 0 Å². The molecule has 0 bridgehead atoms. The van der Waals surface area contributed by atoms with Crippen molar-refractivity contribution in [2.75, 3.05) is 0 Å². The van der Waals surface area contributed by atoms with E-state index in [1.54, 1.807) is 0 Å². The van der Waals surface area contributed by atoms with Crippen molar-refractivity contribution in [3.63, 3.8) is 0 Å². The third-order valence-corrected chi connectivity index (χ3v) is 0. The van der Waals surface area contributed by atoms with Gasteiger partial charge in [-0.3, -0.25) is 0 Å². The van der Waals surface area contributed by atoms with Crippen molar-refractivity contribution in [3.8, 4) is 0 Å². The molecule has 4 N–H and O–H groups in total. The van der Waals surface area contributed by atoms with Crippen molar-refractivity contribution in [1.29, 1.82) is 0 Å². The first-order valence-corrected chi connectivity index (χ1v) is 3.40. The first-order valence-electron chi connectivity index (χ1n) is 0.378. The van der Waals surface area contributed by atoms with E-state index in [4.69, 9.17) is 7.91 Å². The molecule has 4 heavy (non-hydrogen) atoms. The quantitative estimate of drug-likeness (QED) is 0.334. The Morgan fingerprint density at radius 1 is 1.00 bits per heavy atom. The summed E-state index contributed by atoms with van der Waals surface area (Å²) in [6.45, 7) is 0. The summed E-state index contributed by atoms with van der Waals surface area (Å²) in [5, 5.41) is 0. The Balaban J connectivity index is -0.00000000500. The van der Waals surface area contributed by atoms with Gasteiger partial charge < -0.3 is 11.0 Å². The molecule has 0 aliphatic carbocycles. The van der Waals surface area contributed by atoms with E-state index >= 15 is 0 Å². The first-order chi connectivity index (χ1) is 1.00. The number of rotatable bonds is 0. The van der Waals surface area contributed by atoms with E-state index in [1.807, 2.05) is 0 Å². The van der Waals surface area contributed by atoms with E-state index < -0.39 is 0 Å². The van der Waals surface area contributed by atoms with E-state index in [9.17, 15) is 0 Å². The molecule has 2 nitrogen and oxygen atoms in total. The minimum atomic E-state index is 0. The van der Waals surface area contributed by atoms with E-state index in [0.717, 1.165) is 26.6 Å². The van der Waals surface area contributed by atoms with E-state index in [-0.39, 0.29) is 11.0 Å². The molecule has 0 aromatic heterocycles. The summed E-state index contributed by atoms with van der Waals surface area (Å²) >= 11 is 0.778. The molecule has 0 aliphatic heterocycles. The van der Waals surface area contributed by atoms with Crippen molar-refractivity contribution < 1.29 is 11.0 Å². The summed E-state index contributed by atoms with van der Waals surface area (Å²) in [6, 6.07) is 0. The Hall–Kier alpha value is 1.21. The molecule has 0 fully saturated rings. The molecular weight excluding hydrogens is 90.4 g/mol. The Labute approximate surface area is 45.5 Å². The number of halogens is 1. The first kappa shape index (κ1) is 18.9. The standard InChI is InChI=1S/ClH.Na.2H2O/h1H;;2*1H2/q;+1;;/p-1. The average molecular weight is 94.5 g/mol. The molecule has 0 saturated heterocycles. The Morgan fingerprint density at radius 3 is 1.00 bits per heavy atom. The molecule has 4 heteroatoms. The molecule has 0 unspecified atom stereocenters. The second-order valence-corrected chi connectivity index (χ2v) is 0. The fourth-order valence-electron chi connectivity index (χ4n) is 0. The topological polar surface area (TPSA) is 63.0 Å². The minimum absolute atomic E-state index is 0. The predicted octanol–water partition coefficient (Wildman–Crippen LogP) is -1.34. The summed E-state index contributed by atoms with van der Waals surface area (Å²) in [5.74, 6) is 0. The second kappa shape index (κ2) is 29.6. The summed E-state index contributed by atoms with van der Waals surface area (Å²) in [6.07, 6.45) is 0. The average Bonchev–Trinajstić information content (AvgIpc) is 1.00. The van der Waals surface area contributed by atoms with Crippen LogP contribution in [0.15, 0.2) is 0 Å². The number of hydrogen-bond donors (Lipinski definition) is 0. The second-order valence-electron chi connectivity index (χ2n) is 0. The van der Waals surface area contributed by atoms with Crippen molar-refractivity contribution in [1.82, 2.24) is 0 Å². The Kier molecular flexibility index (Phi) is 140. The van der Waals surface area contributed by atoms with Gasteiger partial charge in [0.25, 0.3) is 0 Å². The molecule has 0 aliphatic rings. The van der Waals surface area contributed by atoms with Crippen molar-refractivity contribution in [2.24, 2.45) is 0 Å². The Morgan fingerprint density at radius 2 is 1.00 bits per heavy atom. The van der Waals surface area contributed by atoms with Crippen LogP contribution in [0.4, 0.5) is 0 Å². The molecular formula is H4ClNaO2. The van der Waals surface area contributed by atoms with Gasteiger partial charge in [0, 0.05) is 0 Å². The van der Waals surface area contributed by atoms with Crippen molar-refractivity contribution in [3.05, 3.63) is 0 Å². The van der Waals surface area contributed by atoms with Gasteiger partial charge in [-0.1, -0.05) is 0 Å². The molecule has 0 spiro atoms. The van der Waals surface area contributed by atoms with Gasteiger partial charge in [-0.25, -0.2) is 0 Å². The number of hydrogen-bond acceptors (Lipinski definition) is 0. The van der Waals surface area contributed by atoms with Crippen molar-refractivity contribution >= 4 is 34.6 Å². The van der Waals surface area contributed by atoms with Gasteiger partial charge >= 0.3 is 34.6 Å².